The number of nitriles is 1. The van der Waals surface area contributed by atoms with E-state index in [-0.39, 0.29) is 13.2 Å². The third-order valence-corrected chi connectivity index (χ3v) is 2.83. The van der Waals surface area contributed by atoms with Gasteiger partial charge in [-0.25, -0.2) is 0 Å². The second-order valence-electron chi connectivity index (χ2n) is 4.63. The SMILES string of the molecule is CCCN(CCO)CC(O)COc1cccc(C#N)c1. The Morgan fingerprint density at radius 2 is 2.20 bits per heavy atom. The van der Waals surface area contributed by atoms with E-state index in [1.54, 1.807) is 24.3 Å². The van der Waals surface area contributed by atoms with Crippen molar-refractivity contribution in [2.24, 2.45) is 0 Å². The lowest BCUT2D eigenvalue weighted by atomic mass is 10.2. The predicted molar refractivity (Wildman–Crippen MR) is 76.5 cm³/mol. The molecule has 1 aromatic carbocycles. The average molecular weight is 278 g/mol. The van der Waals surface area contributed by atoms with Crippen molar-refractivity contribution in [2.45, 2.75) is 19.4 Å². The lowest BCUT2D eigenvalue weighted by Crippen LogP contribution is -2.37. The van der Waals surface area contributed by atoms with Gasteiger partial charge in [0.05, 0.1) is 18.2 Å². The van der Waals surface area contributed by atoms with Gasteiger partial charge < -0.3 is 14.9 Å². The first kappa shape index (κ1) is 16.4. The van der Waals surface area contributed by atoms with E-state index >= 15 is 0 Å². The topological polar surface area (TPSA) is 76.7 Å². The Hall–Kier alpha value is -1.61. The molecule has 20 heavy (non-hydrogen) atoms. The Bertz CT molecular complexity index is 425. The highest BCUT2D eigenvalue weighted by Crippen LogP contribution is 2.12. The molecular formula is C15H22N2O3. The molecule has 5 heteroatoms. The van der Waals surface area contributed by atoms with Crippen LogP contribution < -0.4 is 4.74 Å². The van der Waals surface area contributed by atoms with E-state index in [4.69, 9.17) is 15.1 Å². The molecular weight excluding hydrogens is 256 g/mol. The highest BCUT2D eigenvalue weighted by molar-refractivity contribution is 5.36. The Balaban J connectivity index is 2.41. The molecule has 1 rings (SSSR count). The fraction of sp³-hybridized carbons (Fsp3) is 0.533. The predicted octanol–water partition coefficient (Wildman–Crippen LogP) is 1.00. The summed E-state index contributed by atoms with van der Waals surface area (Å²) in [6.45, 7) is 4.15. The van der Waals surface area contributed by atoms with Gasteiger partial charge in [0.2, 0.25) is 0 Å². The van der Waals surface area contributed by atoms with Crippen molar-refractivity contribution in [1.29, 1.82) is 5.26 Å². The fourth-order valence-corrected chi connectivity index (χ4v) is 1.95. The summed E-state index contributed by atoms with van der Waals surface area (Å²) in [4.78, 5) is 2.00. The van der Waals surface area contributed by atoms with Gasteiger partial charge in [0.1, 0.15) is 18.5 Å². The van der Waals surface area contributed by atoms with Crippen molar-refractivity contribution in [3.8, 4) is 11.8 Å². The Labute approximate surface area is 120 Å². The van der Waals surface area contributed by atoms with Gasteiger partial charge in [0.15, 0.2) is 0 Å². The van der Waals surface area contributed by atoms with E-state index < -0.39 is 6.10 Å². The van der Waals surface area contributed by atoms with Crippen LogP contribution in [-0.2, 0) is 0 Å². The van der Waals surface area contributed by atoms with E-state index in [0.29, 0.717) is 24.4 Å². The maximum Gasteiger partial charge on any atom is 0.120 e. The highest BCUT2D eigenvalue weighted by Gasteiger charge is 2.11. The van der Waals surface area contributed by atoms with Crippen LogP contribution in [0.15, 0.2) is 24.3 Å². The number of aliphatic hydroxyl groups is 2. The van der Waals surface area contributed by atoms with Gasteiger partial charge in [-0.1, -0.05) is 13.0 Å². The smallest absolute Gasteiger partial charge is 0.120 e. The summed E-state index contributed by atoms with van der Waals surface area (Å²) in [7, 11) is 0. The summed E-state index contributed by atoms with van der Waals surface area (Å²) >= 11 is 0. The molecule has 2 N–H and O–H groups in total. The molecule has 1 atom stereocenters. The number of hydrogen-bond donors (Lipinski definition) is 2. The summed E-state index contributed by atoms with van der Waals surface area (Å²) < 4.78 is 5.48. The third kappa shape index (κ3) is 6.02. The van der Waals surface area contributed by atoms with E-state index in [1.807, 2.05) is 11.0 Å². The quantitative estimate of drug-likeness (QED) is 0.705. The van der Waals surface area contributed by atoms with Crippen LogP contribution in [-0.4, -0.2) is 54.1 Å². The minimum absolute atomic E-state index is 0.0811. The third-order valence-electron chi connectivity index (χ3n) is 2.83. The molecule has 1 aromatic rings. The first-order valence-electron chi connectivity index (χ1n) is 6.83. The zero-order valence-electron chi connectivity index (χ0n) is 11.8. The summed E-state index contributed by atoms with van der Waals surface area (Å²) in [6.07, 6.45) is 0.344. The Morgan fingerprint density at radius 3 is 2.85 bits per heavy atom. The van der Waals surface area contributed by atoms with Crippen LogP contribution in [0.4, 0.5) is 0 Å². The molecule has 0 heterocycles. The van der Waals surface area contributed by atoms with E-state index in [9.17, 15) is 5.11 Å². The Morgan fingerprint density at radius 1 is 1.40 bits per heavy atom. The zero-order chi connectivity index (χ0) is 14.8. The van der Waals surface area contributed by atoms with E-state index in [1.165, 1.54) is 0 Å². The molecule has 0 aliphatic carbocycles. The van der Waals surface area contributed by atoms with Crippen LogP contribution in [0.5, 0.6) is 5.75 Å². The van der Waals surface area contributed by atoms with Gasteiger partial charge in [0, 0.05) is 13.1 Å². The molecule has 0 saturated heterocycles. The molecule has 0 aromatic heterocycles. The van der Waals surface area contributed by atoms with Crippen LogP contribution in [0.25, 0.3) is 0 Å². The van der Waals surface area contributed by atoms with Crippen LogP contribution >= 0.6 is 0 Å². The minimum Gasteiger partial charge on any atom is -0.491 e. The van der Waals surface area contributed by atoms with Crippen molar-refractivity contribution < 1.29 is 14.9 Å². The summed E-state index contributed by atoms with van der Waals surface area (Å²) in [6, 6.07) is 8.89. The van der Waals surface area contributed by atoms with Gasteiger partial charge >= 0.3 is 0 Å². The molecule has 110 valence electrons. The maximum absolute atomic E-state index is 9.95. The number of ether oxygens (including phenoxy) is 1. The maximum atomic E-state index is 9.95. The van der Waals surface area contributed by atoms with Crippen LogP contribution in [0.2, 0.25) is 0 Å². The van der Waals surface area contributed by atoms with Crippen LogP contribution in [0, 0.1) is 11.3 Å². The lowest BCUT2D eigenvalue weighted by molar-refractivity contribution is 0.0618. The summed E-state index contributed by atoms with van der Waals surface area (Å²) in [5.41, 5.74) is 0.532. The number of hydrogen-bond acceptors (Lipinski definition) is 5. The average Bonchev–Trinajstić information content (AvgIpc) is 2.46. The van der Waals surface area contributed by atoms with Gasteiger partial charge in [-0.05, 0) is 31.2 Å². The van der Waals surface area contributed by atoms with Crippen molar-refractivity contribution in [1.82, 2.24) is 4.90 Å². The van der Waals surface area contributed by atoms with Crippen molar-refractivity contribution in [3.63, 3.8) is 0 Å². The van der Waals surface area contributed by atoms with Gasteiger partial charge in [-0.15, -0.1) is 0 Å². The van der Waals surface area contributed by atoms with E-state index in [0.717, 1.165) is 13.0 Å². The summed E-state index contributed by atoms with van der Waals surface area (Å²) in [5.74, 6) is 0.576. The largest absolute Gasteiger partial charge is 0.491 e. The minimum atomic E-state index is -0.626. The Kier molecular flexibility index (Phi) is 7.66. The number of nitrogens with zero attached hydrogens (tertiary/aromatic N) is 2. The lowest BCUT2D eigenvalue weighted by Gasteiger charge is -2.23. The molecule has 0 bridgehead atoms. The standard InChI is InChI=1S/C15H22N2O3/c1-2-6-17(7-8-18)11-14(19)12-20-15-5-3-4-13(9-15)10-16/h3-5,9,14,18-19H,2,6-8,11-12H2,1H3. The van der Waals surface area contributed by atoms with Gasteiger partial charge in [-0.3, -0.25) is 4.90 Å². The van der Waals surface area contributed by atoms with Crippen molar-refractivity contribution in [2.75, 3.05) is 32.8 Å². The number of benzene rings is 1. The van der Waals surface area contributed by atoms with Crippen molar-refractivity contribution >= 4 is 0 Å². The molecule has 0 aliphatic rings. The second kappa shape index (κ2) is 9.32. The molecule has 0 spiro atoms. The van der Waals surface area contributed by atoms with E-state index in [2.05, 4.69) is 6.92 Å². The van der Waals surface area contributed by atoms with Gasteiger partial charge in [0.25, 0.3) is 0 Å². The highest BCUT2D eigenvalue weighted by atomic mass is 16.5. The first-order valence-corrected chi connectivity index (χ1v) is 6.83. The summed E-state index contributed by atoms with van der Waals surface area (Å²) in [5, 5.41) is 27.7. The normalized spacial score (nSPS) is 12.2. The molecule has 1 unspecified atom stereocenters. The molecule has 0 fully saturated rings. The fourth-order valence-electron chi connectivity index (χ4n) is 1.95. The van der Waals surface area contributed by atoms with Crippen LogP contribution in [0.3, 0.4) is 0 Å². The monoisotopic (exact) mass is 278 g/mol. The number of aliphatic hydroxyl groups excluding tert-OH is 2. The molecule has 0 saturated carbocycles. The molecule has 0 aliphatic heterocycles. The number of rotatable bonds is 9. The zero-order valence-corrected chi connectivity index (χ0v) is 11.8. The van der Waals surface area contributed by atoms with Crippen molar-refractivity contribution in [3.05, 3.63) is 29.8 Å². The second-order valence-corrected chi connectivity index (χ2v) is 4.63. The first-order chi connectivity index (χ1) is 9.69. The van der Waals surface area contributed by atoms with Gasteiger partial charge in [-0.2, -0.15) is 5.26 Å². The molecule has 0 amide bonds. The molecule has 5 nitrogen and oxygen atoms in total. The molecule has 0 radical (unpaired) electrons. The van der Waals surface area contributed by atoms with Crippen LogP contribution in [0.1, 0.15) is 18.9 Å².